The smallest absolute Gasteiger partial charge is 0.119 e. The molecule has 166 valence electrons. The highest BCUT2D eigenvalue weighted by molar-refractivity contribution is 7.85. The Morgan fingerprint density at radius 1 is 1.19 bits per heavy atom. The summed E-state index contributed by atoms with van der Waals surface area (Å²) in [7, 11) is -1.12. The van der Waals surface area contributed by atoms with E-state index in [-0.39, 0.29) is 0 Å². The van der Waals surface area contributed by atoms with Gasteiger partial charge < -0.3 is 14.0 Å². The van der Waals surface area contributed by atoms with Gasteiger partial charge in [0.2, 0.25) is 0 Å². The quantitative estimate of drug-likeness (QED) is 0.461. The lowest BCUT2D eigenvalue weighted by Gasteiger charge is -2.23. The zero-order chi connectivity index (χ0) is 21.8. The minimum absolute atomic E-state index is 0.535. The van der Waals surface area contributed by atoms with Gasteiger partial charge in [0, 0.05) is 31.9 Å². The SMILES string of the molecule is CCOc1ccc(Cc2nc3cc(S(=O)CC)c(Cl)cc3n2CC2CCOCC2)cc1. The Hall–Kier alpha value is -1.89. The first kappa shape index (κ1) is 22.3. The first-order valence-electron chi connectivity index (χ1n) is 11.0. The van der Waals surface area contributed by atoms with Gasteiger partial charge in [-0.1, -0.05) is 30.7 Å². The van der Waals surface area contributed by atoms with Gasteiger partial charge in [-0.25, -0.2) is 4.98 Å². The number of ether oxygens (including phenoxy) is 2. The largest absolute Gasteiger partial charge is 0.494 e. The maximum Gasteiger partial charge on any atom is 0.119 e. The van der Waals surface area contributed by atoms with Gasteiger partial charge in [0.1, 0.15) is 11.6 Å². The zero-order valence-electron chi connectivity index (χ0n) is 18.1. The predicted octanol–water partition coefficient (Wildman–Crippen LogP) is 5.23. The number of aromatic nitrogens is 2. The van der Waals surface area contributed by atoms with Crippen molar-refractivity contribution in [1.82, 2.24) is 9.55 Å². The van der Waals surface area contributed by atoms with Crippen molar-refractivity contribution in [3.63, 3.8) is 0 Å². The number of hydrogen-bond donors (Lipinski definition) is 0. The third-order valence-electron chi connectivity index (χ3n) is 5.77. The molecule has 0 saturated carbocycles. The number of benzene rings is 2. The Morgan fingerprint density at radius 3 is 2.61 bits per heavy atom. The van der Waals surface area contributed by atoms with Crippen molar-refractivity contribution >= 4 is 33.4 Å². The minimum atomic E-state index is -1.12. The third kappa shape index (κ3) is 5.13. The lowest BCUT2D eigenvalue weighted by molar-refractivity contribution is 0.0614. The molecule has 0 bridgehead atoms. The van der Waals surface area contributed by atoms with Gasteiger partial charge in [-0.3, -0.25) is 4.21 Å². The van der Waals surface area contributed by atoms with Crippen LogP contribution in [-0.4, -0.2) is 39.3 Å². The second-order valence-electron chi connectivity index (χ2n) is 7.85. The summed E-state index contributed by atoms with van der Waals surface area (Å²) in [4.78, 5) is 5.62. The number of fused-ring (bicyclic) bond motifs is 1. The number of halogens is 1. The molecule has 0 aliphatic carbocycles. The molecule has 1 aliphatic rings. The Kier molecular flexibility index (Phi) is 7.31. The molecule has 1 unspecified atom stereocenters. The van der Waals surface area contributed by atoms with E-state index in [1.165, 1.54) is 5.56 Å². The van der Waals surface area contributed by atoms with Crippen LogP contribution in [0.5, 0.6) is 5.75 Å². The van der Waals surface area contributed by atoms with E-state index in [1.54, 1.807) is 0 Å². The number of hydrogen-bond acceptors (Lipinski definition) is 4. The molecule has 0 N–H and O–H groups in total. The summed E-state index contributed by atoms with van der Waals surface area (Å²) in [6, 6.07) is 12.0. The van der Waals surface area contributed by atoms with Crippen molar-refractivity contribution in [2.75, 3.05) is 25.6 Å². The van der Waals surface area contributed by atoms with Gasteiger partial charge in [0.05, 0.1) is 38.4 Å². The van der Waals surface area contributed by atoms with Gasteiger partial charge in [-0.05, 0) is 55.5 Å². The van der Waals surface area contributed by atoms with Crippen LogP contribution in [0.15, 0.2) is 41.3 Å². The molecule has 2 heterocycles. The lowest BCUT2D eigenvalue weighted by atomic mass is 10.00. The minimum Gasteiger partial charge on any atom is -0.494 e. The Bertz CT molecular complexity index is 1060. The van der Waals surface area contributed by atoms with E-state index in [4.69, 9.17) is 26.1 Å². The fourth-order valence-electron chi connectivity index (χ4n) is 4.08. The van der Waals surface area contributed by atoms with Crippen molar-refractivity contribution < 1.29 is 13.7 Å². The number of rotatable bonds is 8. The molecule has 1 fully saturated rings. The summed E-state index contributed by atoms with van der Waals surface area (Å²) in [5, 5.41) is 0.549. The predicted molar refractivity (Wildman–Crippen MR) is 126 cm³/mol. The molecule has 2 aromatic carbocycles. The van der Waals surface area contributed by atoms with E-state index in [1.807, 2.05) is 38.1 Å². The molecule has 0 amide bonds. The summed E-state index contributed by atoms with van der Waals surface area (Å²) in [5.41, 5.74) is 3.04. The van der Waals surface area contributed by atoms with Crippen LogP contribution in [0.2, 0.25) is 5.02 Å². The highest BCUT2D eigenvalue weighted by atomic mass is 35.5. The molecule has 3 aromatic rings. The van der Waals surface area contributed by atoms with E-state index in [0.717, 1.165) is 55.2 Å². The second-order valence-corrected chi connectivity index (χ2v) is 9.97. The van der Waals surface area contributed by atoms with Crippen LogP contribution in [0, 0.1) is 5.92 Å². The fraction of sp³-hybridized carbons (Fsp3) is 0.458. The molecule has 1 atom stereocenters. The zero-order valence-corrected chi connectivity index (χ0v) is 19.7. The van der Waals surface area contributed by atoms with Crippen LogP contribution in [-0.2, 0) is 28.5 Å². The highest BCUT2D eigenvalue weighted by Gasteiger charge is 2.20. The molecule has 1 aliphatic heterocycles. The van der Waals surface area contributed by atoms with Crippen molar-refractivity contribution in [2.45, 2.75) is 44.6 Å². The second kappa shape index (κ2) is 10.2. The van der Waals surface area contributed by atoms with Gasteiger partial charge in [-0.2, -0.15) is 0 Å². The van der Waals surface area contributed by atoms with Crippen LogP contribution >= 0.6 is 11.6 Å². The van der Waals surface area contributed by atoms with Crippen molar-refractivity contribution in [1.29, 1.82) is 0 Å². The van der Waals surface area contributed by atoms with Crippen LogP contribution in [0.25, 0.3) is 11.0 Å². The van der Waals surface area contributed by atoms with Crippen molar-refractivity contribution in [2.24, 2.45) is 5.92 Å². The molecule has 31 heavy (non-hydrogen) atoms. The molecule has 5 nitrogen and oxygen atoms in total. The summed E-state index contributed by atoms with van der Waals surface area (Å²) in [6.07, 6.45) is 2.82. The average molecular weight is 461 g/mol. The van der Waals surface area contributed by atoms with E-state index in [2.05, 4.69) is 16.7 Å². The molecular formula is C24H29ClN2O3S. The summed E-state index contributed by atoms with van der Waals surface area (Å²) < 4.78 is 25.8. The van der Waals surface area contributed by atoms with Gasteiger partial charge >= 0.3 is 0 Å². The molecule has 1 aromatic heterocycles. The van der Waals surface area contributed by atoms with Gasteiger partial charge in [0.25, 0.3) is 0 Å². The Balaban J connectivity index is 1.72. The molecule has 7 heteroatoms. The van der Waals surface area contributed by atoms with Gasteiger partial charge in [0.15, 0.2) is 0 Å². The Labute approximate surface area is 191 Å². The van der Waals surface area contributed by atoms with Crippen LogP contribution in [0.4, 0.5) is 0 Å². The van der Waals surface area contributed by atoms with E-state index in [0.29, 0.717) is 34.6 Å². The van der Waals surface area contributed by atoms with E-state index in [9.17, 15) is 4.21 Å². The molecule has 0 spiro atoms. The Morgan fingerprint density at radius 2 is 1.94 bits per heavy atom. The van der Waals surface area contributed by atoms with Crippen LogP contribution < -0.4 is 4.74 Å². The first-order chi connectivity index (χ1) is 15.1. The summed E-state index contributed by atoms with van der Waals surface area (Å²) in [5.74, 6) is 2.96. The maximum absolute atomic E-state index is 12.4. The van der Waals surface area contributed by atoms with Crippen LogP contribution in [0.1, 0.15) is 38.1 Å². The average Bonchev–Trinajstić information content (AvgIpc) is 3.10. The van der Waals surface area contributed by atoms with Crippen molar-refractivity contribution in [3.05, 3.63) is 52.8 Å². The van der Waals surface area contributed by atoms with Gasteiger partial charge in [-0.15, -0.1) is 0 Å². The normalized spacial score (nSPS) is 16.0. The van der Waals surface area contributed by atoms with Crippen molar-refractivity contribution in [3.8, 4) is 5.75 Å². The highest BCUT2D eigenvalue weighted by Crippen LogP contribution is 2.30. The van der Waals surface area contributed by atoms with Crippen LogP contribution in [0.3, 0.4) is 0 Å². The fourth-order valence-corrected chi connectivity index (χ4v) is 5.33. The summed E-state index contributed by atoms with van der Waals surface area (Å²) >= 11 is 6.54. The first-order valence-corrected chi connectivity index (χ1v) is 12.6. The van der Waals surface area contributed by atoms with E-state index >= 15 is 0 Å². The summed E-state index contributed by atoms with van der Waals surface area (Å²) in [6.45, 7) is 7.05. The topological polar surface area (TPSA) is 53.3 Å². The van der Waals surface area contributed by atoms with E-state index < -0.39 is 10.8 Å². The molecule has 0 radical (unpaired) electrons. The third-order valence-corrected chi connectivity index (χ3v) is 7.54. The lowest BCUT2D eigenvalue weighted by Crippen LogP contribution is -2.21. The molecular weight excluding hydrogens is 432 g/mol. The monoisotopic (exact) mass is 460 g/mol. The number of imidazole rings is 1. The number of nitrogens with zero attached hydrogens (tertiary/aromatic N) is 2. The molecule has 4 rings (SSSR count). The molecule has 1 saturated heterocycles. The standard InChI is InChI=1S/C24H29ClN2O3S/c1-3-30-19-7-5-17(6-8-19)13-24-26-21-15-23(31(28)4-2)20(25)14-22(21)27(24)16-18-9-11-29-12-10-18/h5-8,14-15,18H,3-4,9-13,16H2,1-2H3. The maximum atomic E-state index is 12.4.